The molecule has 0 radical (unpaired) electrons. The van der Waals surface area contributed by atoms with Crippen molar-refractivity contribution in [3.05, 3.63) is 66.2 Å². The fraction of sp³-hybridized carbons (Fsp3) is 0.263. The van der Waals surface area contributed by atoms with Gasteiger partial charge in [0.05, 0.1) is 12.3 Å². The van der Waals surface area contributed by atoms with Crippen molar-refractivity contribution in [2.45, 2.75) is 19.8 Å². The monoisotopic (exact) mass is 307 g/mol. The van der Waals surface area contributed by atoms with Crippen LogP contribution in [0.5, 0.6) is 0 Å². The molecule has 1 N–H and O–H groups in total. The third-order valence-electron chi connectivity index (χ3n) is 4.00. The predicted octanol–water partition coefficient (Wildman–Crippen LogP) is 4.33. The number of hydrogen-bond donors (Lipinski definition) is 1. The molecule has 0 bridgehead atoms. The molecule has 2 aromatic carbocycles. The van der Waals surface area contributed by atoms with E-state index in [4.69, 9.17) is 0 Å². The number of rotatable bonds is 3. The molecule has 0 aliphatic carbocycles. The summed E-state index contributed by atoms with van der Waals surface area (Å²) in [6, 6.07) is 19.5. The molecule has 4 heteroatoms. The van der Waals surface area contributed by atoms with Gasteiger partial charge in [-0.2, -0.15) is 5.10 Å². The van der Waals surface area contributed by atoms with Gasteiger partial charge in [-0.3, -0.25) is 0 Å². The molecular formula is C19H21N3O. The highest BCUT2D eigenvalue weighted by atomic mass is 16.2. The van der Waals surface area contributed by atoms with Crippen LogP contribution in [0.1, 0.15) is 25.3 Å². The van der Waals surface area contributed by atoms with E-state index in [9.17, 15) is 4.79 Å². The van der Waals surface area contributed by atoms with Crippen LogP contribution in [0.3, 0.4) is 0 Å². The highest BCUT2D eigenvalue weighted by Crippen LogP contribution is 2.29. The van der Waals surface area contributed by atoms with Crippen molar-refractivity contribution in [1.82, 2.24) is 5.01 Å². The van der Waals surface area contributed by atoms with Gasteiger partial charge in [-0.25, -0.2) is 9.80 Å². The molecule has 1 aliphatic rings. The van der Waals surface area contributed by atoms with E-state index in [2.05, 4.69) is 36.4 Å². The number of urea groups is 1. The molecule has 1 aliphatic heterocycles. The molecule has 1 atom stereocenters. The average Bonchev–Trinajstić information content (AvgIpc) is 3.02. The lowest BCUT2D eigenvalue weighted by atomic mass is 9.89. The lowest BCUT2D eigenvalue weighted by molar-refractivity contribution is 0.218. The number of hydrazone groups is 1. The minimum Gasteiger partial charge on any atom is -0.306 e. The number of anilines is 1. The topological polar surface area (TPSA) is 44.7 Å². The van der Waals surface area contributed by atoms with Crippen molar-refractivity contribution >= 4 is 17.4 Å². The summed E-state index contributed by atoms with van der Waals surface area (Å²) in [5.74, 6) is 0.465. The minimum absolute atomic E-state index is 0.165. The van der Waals surface area contributed by atoms with Crippen molar-refractivity contribution in [2.24, 2.45) is 11.0 Å². The Balaban J connectivity index is 1.78. The standard InChI is InChI=1S/C19H21N3O/c1-14(2)18-17(15-9-5-3-6-10-15)13-22(21-18)19(23)20-16-11-7-4-8-12-16/h3-12,14,17H,13H2,1-2H3,(H,20,23). The van der Waals surface area contributed by atoms with Crippen molar-refractivity contribution in [3.8, 4) is 0 Å². The van der Waals surface area contributed by atoms with E-state index in [-0.39, 0.29) is 11.9 Å². The summed E-state index contributed by atoms with van der Waals surface area (Å²) in [5.41, 5.74) is 3.04. The van der Waals surface area contributed by atoms with Crippen LogP contribution < -0.4 is 5.32 Å². The predicted molar refractivity (Wildman–Crippen MR) is 93.6 cm³/mol. The molecule has 0 aromatic heterocycles. The van der Waals surface area contributed by atoms with E-state index in [1.165, 1.54) is 5.56 Å². The summed E-state index contributed by atoms with van der Waals surface area (Å²) >= 11 is 0. The van der Waals surface area contributed by atoms with E-state index in [1.807, 2.05) is 48.5 Å². The second-order valence-corrected chi connectivity index (χ2v) is 6.02. The Morgan fingerprint density at radius 2 is 1.70 bits per heavy atom. The van der Waals surface area contributed by atoms with Crippen LogP contribution in [0, 0.1) is 5.92 Å². The summed E-state index contributed by atoms with van der Waals surface area (Å²) in [5, 5.41) is 9.02. The zero-order valence-corrected chi connectivity index (χ0v) is 13.4. The zero-order valence-electron chi connectivity index (χ0n) is 13.4. The molecule has 1 heterocycles. The first kappa shape index (κ1) is 15.3. The van der Waals surface area contributed by atoms with E-state index >= 15 is 0 Å². The summed E-state index contributed by atoms with van der Waals surface area (Å²) in [6.45, 7) is 4.82. The largest absolute Gasteiger partial charge is 0.342 e. The minimum atomic E-state index is -0.187. The molecule has 2 amide bonds. The van der Waals surface area contributed by atoms with E-state index in [0.717, 1.165) is 11.4 Å². The van der Waals surface area contributed by atoms with Gasteiger partial charge in [0.1, 0.15) is 0 Å². The Labute approximate surface area is 136 Å². The summed E-state index contributed by atoms with van der Waals surface area (Å²) < 4.78 is 0. The van der Waals surface area contributed by atoms with Gasteiger partial charge in [0.25, 0.3) is 0 Å². The average molecular weight is 307 g/mol. The highest BCUT2D eigenvalue weighted by molar-refractivity contribution is 5.98. The number of nitrogens with one attached hydrogen (secondary N) is 1. The van der Waals surface area contributed by atoms with Crippen molar-refractivity contribution < 1.29 is 4.79 Å². The summed E-state index contributed by atoms with van der Waals surface area (Å²) in [6.07, 6.45) is 0. The van der Waals surface area contributed by atoms with Gasteiger partial charge < -0.3 is 5.32 Å². The van der Waals surface area contributed by atoms with Crippen LogP contribution in [0.25, 0.3) is 0 Å². The molecule has 4 nitrogen and oxygen atoms in total. The smallest absolute Gasteiger partial charge is 0.306 e. The first-order valence-corrected chi connectivity index (χ1v) is 7.92. The second-order valence-electron chi connectivity index (χ2n) is 6.02. The van der Waals surface area contributed by atoms with Gasteiger partial charge in [-0.1, -0.05) is 62.4 Å². The fourth-order valence-corrected chi connectivity index (χ4v) is 2.83. The van der Waals surface area contributed by atoms with Gasteiger partial charge >= 0.3 is 6.03 Å². The quantitative estimate of drug-likeness (QED) is 0.901. The maximum absolute atomic E-state index is 12.5. The van der Waals surface area contributed by atoms with Gasteiger partial charge in [0, 0.05) is 11.6 Å². The number of para-hydroxylation sites is 1. The summed E-state index contributed by atoms with van der Waals surface area (Å²) in [7, 11) is 0. The van der Waals surface area contributed by atoms with Crippen LogP contribution >= 0.6 is 0 Å². The first-order valence-electron chi connectivity index (χ1n) is 7.92. The van der Waals surface area contributed by atoms with Crippen LogP contribution in [0.2, 0.25) is 0 Å². The van der Waals surface area contributed by atoms with E-state index < -0.39 is 0 Å². The lowest BCUT2D eigenvalue weighted by Crippen LogP contribution is -2.30. The Kier molecular flexibility index (Phi) is 4.42. The van der Waals surface area contributed by atoms with Crippen molar-refractivity contribution in [3.63, 3.8) is 0 Å². The Morgan fingerprint density at radius 1 is 1.09 bits per heavy atom. The van der Waals surface area contributed by atoms with Crippen molar-refractivity contribution in [2.75, 3.05) is 11.9 Å². The van der Waals surface area contributed by atoms with Crippen LogP contribution in [0.15, 0.2) is 65.8 Å². The van der Waals surface area contributed by atoms with Crippen LogP contribution in [-0.4, -0.2) is 23.3 Å². The van der Waals surface area contributed by atoms with Gasteiger partial charge in [0.2, 0.25) is 0 Å². The Morgan fingerprint density at radius 3 is 2.30 bits per heavy atom. The van der Waals surface area contributed by atoms with Crippen molar-refractivity contribution in [1.29, 1.82) is 0 Å². The molecule has 0 fully saturated rings. The number of amides is 2. The molecule has 0 saturated heterocycles. The molecule has 23 heavy (non-hydrogen) atoms. The van der Waals surface area contributed by atoms with Gasteiger partial charge in [-0.15, -0.1) is 0 Å². The third-order valence-corrected chi connectivity index (χ3v) is 4.00. The molecule has 1 unspecified atom stereocenters. The number of nitrogens with zero attached hydrogens (tertiary/aromatic N) is 2. The normalized spacial score (nSPS) is 17.3. The lowest BCUT2D eigenvalue weighted by Gasteiger charge is -2.16. The van der Waals surface area contributed by atoms with Gasteiger partial charge in [-0.05, 0) is 23.6 Å². The van der Waals surface area contributed by atoms with Crippen LogP contribution in [0.4, 0.5) is 10.5 Å². The molecule has 118 valence electrons. The van der Waals surface area contributed by atoms with Gasteiger partial charge in [0.15, 0.2) is 0 Å². The highest BCUT2D eigenvalue weighted by Gasteiger charge is 2.32. The van der Waals surface area contributed by atoms with E-state index in [0.29, 0.717) is 12.5 Å². The zero-order chi connectivity index (χ0) is 16.2. The van der Waals surface area contributed by atoms with Crippen LogP contribution in [-0.2, 0) is 0 Å². The number of carbonyl (C=O) groups excluding carboxylic acids is 1. The van der Waals surface area contributed by atoms with E-state index in [1.54, 1.807) is 5.01 Å². The Bertz CT molecular complexity index is 695. The first-order chi connectivity index (χ1) is 11.1. The molecule has 3 rings (SSSR count). The number of benzene rings is 2. The summed E-state index contributed by atoms with van der Waals surface area (Å²) in [4.78, 5) is 12.5. The second kappa shape index (κ2) is 6.65. The molecular weight excluding hydrogens is 286 g/mol. The Hall–Kier alpha value is -2.62. The SMILES string of the molecule is CC(C)C1=NN(C(=O)Nc2ccccc2)CC1c1ccccc1. The molecule has 2 aromatic rings. The third kappa shape index (κ3) is 3.42. The maximum Gasteiger partial charge on any atom is 0.342 e. The molecule has 0 saturated carbocycles. The number of hydrogen-bond acceptors (Lipinski definition) is 2. The molecule has 0 spiro atoms. The number of carbonyl (C=O) groups is 1. The maximum atomic E-state index is 12.5. The fourth-order valence-electron chi connectivity index (χ4n) is 2.83.